The number of ether oxygens (including phenoxy) is 1. The molecule has 6 unspecified atom stereocenters. The molecule has 2 heteroatoms. The Balaban J connectivity index is 1.36. The summed E-state index contributed by atoms with van der Waals surface area (Å²) in [7, 11) is 0. The molecule has 4 aliphatic carbocycles. The molecule has 1 aromatic rings. The van der Waals surface area contributed by atoms with E-state index in [-0.39, 0.29) is 11.6 Å². The maximum atomic E-state index is 12.8. The number of carbonyl (C=O) groups is 1. The maximum absolute atomic E-state index is 12.8. The molecule has 0 N–H and O–H groups in total. The molecule has 0 amide bonds. The summed E-state index contributed by atoms with van der Waals surface area (Å²) in [5.41, 5.74) is 0.882. The molecule has 0 saturated heterocycles. The second-order valence-corrected chi connectivity index (χ2v) is 8.55. The van der Waals surface area contributed by atoms with Gasteiger partial charge in [-0.05, 0) is 67.8 Å². The van der Waals surface area contributed by atoms with E-state index >= 15 is 0 Å². The van der Waals surface area contributed by atoms with Crippen LogP contribution in [0.25, 0.3) is 0 Å². The third kappa shape index (κ3) is 2.26. The van der Waals surface area contributed by atoms with Gasteiger partial charge in [0.05, 0.1) is 0 Å². The van der Waals surface area contributed by atoms with Gasteiger partial charge in [0.1, 0.15) is 5.60 Å². The molecule has 6 atom stereocenters. The number of rotatable bonds is 4. The molecule has 4 bridgehead atoms. The minimum absolute atomic E-state index is 0.0392. The first-order valence-corrected chi connectivity index (χ1v) is 9.68. The van der Waals surface area contributed by atoms with Crippen LogP contribution >= 0.6 is 0 Å². The lowest BCUT2D eigenvalue weighted by molar-refractivity contribution is -0.169. The predicted molar refractivity (Wildman–Crippen MR) is 93.1 cm³/mol. The average molecular weight is 322 g/mol. The number of fused-ring (bicyclic) bond motifs is 4. The molecule has 4 aliphatic rings. The van der Waals surface area contributed by atoms with Crippen LogP contribution in [0, 0.1) is 29.6 Å². The first-order chi connectivity index (χ1) is 11.7. The molecule has 1 aromatic carbocycles. The Morgan fingerprint density at radius 2 is 1.96 bits per heavy atom. The summed E-state index contributed by atoms with van der Waals surface area (Å²) in [4.78, 5) is 12.8. The number of carbonyl (C=O) groups excluding carboxylic acids is 1. The van der Waals surface area contributed by atoms with E-state index in [1.54, 1.807) is 0 Å². The Bertz CT molecular complexity index is 664. The normalized spacial score (nSPS) is 41.9. The Labute approximate surface area is 144 Å². The minimum Gasteiger partial charge on any atom is -0.454 e. The Morgan fingerprint density at radius 1 is 1.08 bits per heavy atom. The summed E-state index contributed by atoms with van der Waals surface area (Å²) >= 11 is 0. The van der Waals surface area contributed by atoms with Gasteiger partial charge in [-0.3, -0.25) is 4.79 Å². The van der Waals surface area contributed by atoms with Crippen molar-refractivity contribution >= 4 is 5.97 Å². The third-order valence-electron chi connectivity index (χ3n) is 7.20. The van der Waals surface area contributed by atoms with Gasteiger partial charge < -0.3 is 4.74 Å². The zero-order valence-electron chi connectivity index (χ0n) is 14.2. The van der Waals surface area contributed by atoms with Gasteiger partial charge in [0.25, 0.3) is 0 Å². The molecule has 3 saturated carbocycles. The van der Waals surface area contributed by atoms with Gasteiger partial charge in [-0.2, -0.15) is 0 Å². The summed E-state index contributed by atoms with van der Waals surface area (Å²) in [6.45, 7) is 0. The minimum atomic E-state index is -0.339. The summed E-state index contributed by atoms with van der Waals surface area (Å²) in [5.74, 6) is 3.16. The summed E-state index contributed by atoms with van der Waals surface area (Å²) in [6, 6.07) is 10.5. The van der Waals surface area contributed by atoms with Gasteiger partial charge in [0.15, 0.2) is 0 Å². The number of esters is 1. The fourth-order valence-electron chi connectivity index (χ4n) is 6.13. The standard InChI is InChI=1S/C22H26O2/c23-21(13-18-11-15-6-8-17(18)10-15)24-22(19-4-2-1-3-5-19)14-16-7-9-20(22)12-16/h1-6,8,15-18,20H,7,9-14H2. The highest BCUT2D eigenvalue weighted by molar-refractivity contribution is 5.71. The zero-order valence-corrected chi connectivity index (χ0v) is 14.2. The molecular formula is C22H26O2. The SMILES string of the molecule is O=C(CC1CC2C=CC1C2)OC1(c2ccccc2)CC2CCC1C2. The lowest BCUT2D eigenvalue weighted by Crippen LogP contribution is -2.38. The fraction of sp³-hybridized carbons (Fsp3) is 0.591. The Morgan fingerprint density at radius 3 is 2.58 bits per heavy atom. The van der Waals surface area contributed by atoms with E-state index in [0.29, 0.717) is 24.2 Å². The summed E-state index contributed by atoms with van der Waals surface area (Å²) in [6.07, 6.45) is 12.5. The predicted octanol–water partition coefficient (Wildman–Crippen LogP) is 4.85. The van der Waals surface area contributed by atoms with Gasteiger partial charge in [-0.1, -0.05) is 42.5 Å². The summed E-state index contributed by atoms with van der Waals surface area (Å²) in [5, 5.41) is 0. The first kappa shape index (κ1) is 14.7. The maximum Gasteiger partial charge on any atom is 0.306 e. The molecule has 3 fully saturated rings. The van der Waals surface area contributed by atoms with E-state index in [2.05, 4.69) is 36.4 Å². The van der Waals surface area contributed by atoms with Crippen LogP contribution in [-0.4, -0.2) is 5.97 Å². The van der Waals surface area contributed by atoms with E-state index in [1.165, 1.54) is 37.7 Å². The van der Waals surface area contributed by atoms with E-state index in [4.69, 9.17) is 4.74 Å². The van der Waals surface area contributed by atoms with Crippen LogP contribution in [0.2, 0.25) is 0 Å². The number of allylic oxidation sites excluding steroid dienone is 2. The Hall–Kier alpha value is -1.57. The highest BCUT2D eigenvalue weighted by Gasteiger charge is 2.55. The molecule has 24 heavy (non-hydrogen) atoms. The van der Waals surface area contributed by atoms with E-state index in [0.717, 1.165) is 18.3 Å². The topological polar surface area (TPSA) is 26.3 Å². The lowest BCUT2D eigenvalue weighted by atomic mass is 9.78. The van der Waals surface area contributed by atoms with Crippen molar-refractivity contribution in [3.63, 3.8) is 0 Å². The Kier molecular flexibility index (Phi) is 3.36. The van der Waals surface area contributed by atoms with Crippen LogP contribution in [0.1, 0.15) is 50.5 Å². The van der Waals surface area contributed by atoms with Crippen molar-refractivity contribution in [3.05, 3.63) is 48.0 Å². The smallest absolute Gasteiger partial charge is 0.306 e. The molecule has 0 aromatic heterocycles. The van der Waals surface area contributed by atoms with Gasteiger partial charge >= 0.3 is 5.97 Å². The molecule has 0 radical (unpaired) electrons. The van der Waals surface area contributed by atoms with E-state index < -0.39 is 0 Å². The molecule has 5 rings (SSSR count). The molecule has 2 nitrogen and oxygen atoms in total. The average Bonchev–Trinajstić information content (AvgIpc) is 3.36. The highest BCUT2D eigenvalue weighted by Crippen LogP contribution is 2.58. The van der Waals surface area contributed by atoms with Gasteiger partial charge in [0.2, 0.25) is 0 Å². The van der Waals surface area contributed by atoms with Crippen LogP contribution in [0.5, 0.6) is 0 Å². The van der Waals surface area contributed by atoms with E-state index in [1.807, 2.05) is 6.07 Å². The van der Waals surface area contributed by atoms with Crippen LogP contribution in [0.3, 0.4) is 0 Å². The largest absolute Gasteiger partial charge is 0.454 e. The molecular weight excluding hydrogens is 296 g/mol. The second kappa shape index (κ2) is 5.47. The van der Waals surface area contributed by atoms with Crippen molar-refractivity contribution in [3.8, 4) is 0 Å². The molecule has 0 heterocycles. The highest BCUT2D eigenvalue weighted by atomic mass is 16.6. The zero-order chi connectivity index (χ0) is 16.1. The first-order valence-electron chi connectivity index (χ1n) is 9.68. The van der Waals surface area contributed by atoms with Crippen molar-refractivity contribution in [2.24, 2.45) is 29.6 Å². The van der Waals surface area contributed by atoms with Crippen molar-refractivity contribution in [2.75, 3.05) is 0 Å². The van der Waals surface area contributed by atoms with Gasteiger partial charge in [-0.25, -0.2) is 0 Å². The van der Waals surface area contributed by atoms with Crippen molar-refractivity contribution in [1.29, 1.82) is 0 Å². The fourth-order valence-corrected chi connectivity index (χ4v) is 6.13. The number of benzene rings is 1. The van der Waals surface area contributed by atoms with Gasteiger partial charge in [-0.15, -0.1) is 0 Å². The number of hydrogen-bond acceptors (Lipinski definition) is 2. The monoisotopic (exact) mass is 322 g/mol. The van der Waals surface area contributed by atoms with Crippen molar-refractivity contribution in [2.45, 2.75) is 50.5 Å². The van der Waals surface area contributed by atoms with Crippen LogP contribution in [0.4, 0.5) is 0 Å². The van der Waals surface area contributed by atoms with E-state index in [9.17, 15) is 4.79 Å². The summed E-state index contributed by atoms with van der Waals surface area (Å²) < 4.78 is 6.33. The molecule has 0 aliphatic heterocycles. The van der Waals surface area contributed by atoms with Crippen molar-refractivity contribution in [1.82, 2.24) is 0 Å². The van der Waals surface area contributed by atoms with Crippen LogP contribution in [0.15, 0.2) is 42.5 Å². The van der Waals surface area contributed by atoms with Crippen LogP contribution < -0.4 is 0 Å². The molecule has 0 spiro atoms. The quantitative estimate of drug-likeness (QED) is 0.585. The second-order valence-electron chi connectivity index (χ2n) is 8.55. The van der Waals surface area contributed by atoms with Crippen LogP contribution in [-0.2, 0) is 15.1 Å². The third-order valence-corrected chi connectivity index (χ3v) is 7.20. The van der Waals surface area contributed by atoms with Gasteiger partial charge in [0, 0.05) is 12.3 Å². The molecule has 126 valence electrons. The van der Waals surface area contributed by atoms with Crippen molar-refractivity contribution < 1.29 is 9.53 Å². The lowest BCUT2D eigenvalue weighted by Gasteiger charge is -2.38. The number of hydrogen-bond donors (Lipinski definition) is 0.